The average Bonchev–Trinajstić information content (AvgIpc) is 3.06. The summed E-state index contributed by atoms with van der Waals surface area (Å²) in [4.78, 5) is 71.9. The van der Waals surface area contributed by atoms with Crippen LogP contribution in [0.2, 0.25) is 0 Å². The van der Waals surface area contributed by atoms with E-state index >= 15 is 0 Å². The first-order chi connectivity index (χ1) is 25.3. The first-order valence-electron chi connectivity index (χ1n) is 18.5. The molecule has 0 aromatic rings. The highest BCUT2D eigenvalue weighted by Crippen LogP contribution is 2.47. The standard InChI is InChI=1S/C38H62N4O12/c1-9-29(43)49-15-17-53-33(47)41-27-19-35(3,4)23-37(7,21-27)25-39-31(45)51-13-11-12-14-52-32(46)40-26-38(8)22-28(20-36(5,6)24-38)42-34(48)54-18-16-50-30(44)10-2/h9-10,27-28H,1-2,11-26H2,3-8H3,(H,39,45)(H,40,46)(H,41,47)(H,42,48). The van der Waals surface area contributed by atoms with E-state index < -0.39 is 36.3 Å². The van der Waals surface area contributed by atoms with E-state index in [1.54, 1.807) is 0 Å². The lowest BCUT2D eigenvalue weighted by Crippen LogP contribution is -2.50. The van der Waals surface area contributed by atoms with Gasteiger partial charge in [0.2, 0.25) is 0 Å². The summed E-state index contributed by atoms with van der Waals surface area (Å²) >= 11 is 0. The van der Waals surface area contributed by atoms with Crippen LogP contribution in [-0.2, 0) is 38.0 Å². The number of hydrogen-bond acceptors (Lipinski definition) is 12. The van der Waals surface area contributed by atoms with Crippen LogP contribution in [-0.4, -0.2) is 101 Å². The van der Waals surface area contributed by atoms with Crippen molar-refractivity contribution in [3.8, 4) is 0 Å². The zero-order valence-corrected chi connectivity index (χ0v) is 32.9. The van der Waals surface area contributed by atoms with Gasteiger partial charge in [0.05, 0.1) is 13.2 Å². The molecule has 16 heteroatoms. The number of amides is 4. The Hall–Kier alpha value is -4.50. The SMILES string of the molecule is C=CC(=O)OCCOC(=O)NC1CC(C)(C)CC(C)(CNC(=O)OCCCCOC(=O)NCC2(C)CC(NC(=O)OCCOC(=O)C=C)CC(C)(C)C2)C1. The molecule has 0 aliphatic heterocycles. The molecule has 0 aromatic heterocycles. The number of nitrogens with one attached hydrogen (secondary N) is 4. The molecule has 0 radical (unpaired) electrons. The molecule has 16 nitrogen and oxygen atoms in total. The maximum atomic E-state index is 12.5. The first-order valence-corrected chi connectivity index (χ1v) is 18.5. The fourth-order valence-corrected chi connectivity index (χ4v) is 8.04. The molecule has 0 bridgehead atoms. The quantitative estimate of drug-likeness (QED) is 0.0572. The molecule has 0 heterocycles. The summed E-state index contributed by atoms with van der Waals surface area (Å²) < 4.78 is 30.6. The summed E-state index contributed by atoms with van der Waals surface area (Å²) in [5.74, 6) is -1.18. The van der Waals surface area contributed by atoms with Crippen LogP contribution in [0.25, 0.3) is 0 Å². The number of esters is 2. The number of unbranched alkanes of at least 4 members (excludes halogenated alkanes) is 1. The number of alkyl carbamates (subject to hydrolysis) is 4. The second kappa shape index (κ2) is 21.4. The predicted octanol–water partition coefficient (Wildman–Crippen LogP) is 5.30. The van der Waals surface area contributed by atoms with Gasteiger partial charge in [-0.2, -0.15) is 0 Å². The molecule has 2 aliphatic rings. The number of rotatable bonds is 19. The van der Waals surface area contributed by atoms with Crippen molar-refractivity contribution in [2.45, 2.75) is 105 Å². The Bertz CT molecular complexity index is 1220. The lowest BCUT2D eigenvalue weighted by Gasteiger charge is -2.46. The minimum atomic E-state index is -0.599. The zero-order chi connectivity index (χ0) is 40.4. The van der Waals surface area contributed by atoms with Crippen LogP contribution in [0.4, 0.5) is 19.2 Å². The second-order valence-corrected chi connectivity index (χ2v) is 16.5. The molecule has 4 atom stereocenters. The summed E-state index contributed by atoms with van der Waals surface area (Å²) in [7, 11) is 0. The van der Waals surface area contributed by atoms with E-state index in [4.69, 9.17) is 28.4 Å². The molecule has 54 heavy (non-hydrogen) atoms. The third-order valence-electron chi connectivity index (χ3n) is 9.31. The van der Waals surface area contributed by atoms with Gasteiger partial charge in [-0.25, -0.2) is 28.8 Å². The van der Waals surface area contributed by atoms with Crippen LogP contribution in [0.5, 0.6) is 0 Å². The predicted molar refractivity (Wildman–Crippen MR) is 198 cm³/mol. The van der Waals surface area contributed by atoms with Crippen molar-refractivity contribution in [2.75, 3.05) is 52.7 Å². The molecule has 0 saturated heterocycles. The Morgan fingerprint density at radius 3 is 1.20 bits per heavy atom. The van der Waals surface area contributed by atoms with Crippen molar-refractivity contribution in [2.24, 2.45) is 21.7 Å². The zero-order valence-electron chi connectivity index (χ0n) is 32.9. The Morgan fingerprint density at radius 1 is 0.519 bits per heavy atom. The summed E-state index contributed by atoms with van der Waals surface area (Å²) in [5, 5.41) is 11.5. The van der Waals surface area contributed by atoms with Gasteiger partial charge in [-0.1, -0.05) is 54.7 Å². The van der Waals surface area contributed by atoms with Crippen LogP contribution < -0.4 is 21.3 Å². The van der Waals surface area contributed by atoms with E-state index in [1.807, 2.05) is 0 Å². The van der Waals surface area contributed by atoms with Gasteiger partial charge in [0.25, 0.3) is 0 Å². The number of hydrogen-bond donors (Lipinski definition) is 4. The molecular weight excluding hydrogens is 704 g/mol. The van der Waals surface area contributed by atoms with Crippen LogP contribution >= 0.6 is 0 Å². The lowest BCUT2D eigenvalue weighted by atomic mass is 9.62. The summed E-state index contributed by atoms with van der Waals surface area (Å²) in [6.07, 6.45) is 5.14. The maximum Gasteiger partial charge on any atom is 0.407 e. The van der Waals surface area contributed by atoms with E-state index in [-0.39, 0.29) is 73.4 Å². The fraction of sp³-hybridized carbons (Fsp3) is 0.737. The van der Waals surface area contributed by atoms with Gasteiger partial charge in [-0.05, 0) is 73.0 Å². The van der Waals surface area contributed by atoms with Crippen LogP contribution in [0.3, 0.4) is 0 Å². The molecule has 2 fully saturated rings. The smallest absolute Gasteiger partial charge is 0.407 e. The topological polar surface area (TPSA) is 206 Å². The molecule has 2 rings (SSSR count). The lowest BCUT2D eigenvalue weighted by molar-refractivity contribution is -0.139. The maximum absolute atomic E-state index is 12.5. The molecule has 4 amide bonds. The van der Waals surface area contributed by atoms with Gasteiger partial charge in [0, 0.05) is 37.3 Å². The third kappa shape index (κ3) is 18.5. The van der Waals surface area contributed by atoms with Gasteiger partial charge in [-0.3, -0.25) is 0 Å². The molecule has 4 unspecified atom stereocenters. The summed E-state index contributed by atoms with van der Waals surface area (Å²) in [6, 6.07) is -0.346. The third-order valence-corrected chi connectivity index (χ3v) is 9.31. The van der Waals surface area contributed by atoms with Gasteiger partial charge in [0.15, 0.2) is 0 Å². The summed E-state index contributed by atoms with van der Waals surface area (Å²) in [5.41, 5.74) is -0.820. The highest BCUT2D eigenvalue weighted by molar-refractivity contribution is 5.81. The first kappa shape index (κ1) is 45.7. The van der Waals surface area contributed by atoms with Crippen molar-refractivity contribution >= 4 is 36.3 Å². The number of ether oxygens (including phenoxy) is 6. The van der Waals surface area contributed by atoms with E-state index in [0.29, 0.717) is 38.8 Å². The van der Waals surface area contributed by atoms with Crippen molar-refractivity contribution in [3.05, 3.63) is 25.3 Å². The molecule has 0 aromatic carbocycles. The van der Waals surface area contributed by atoms with Gasteiger partial charge < -0.3 is 49.7 Å². The highest BCUT2D eigenvalue weighted by atomic mass is 16.6. The average molecular weight is 767 g/mol. The van der Waals surface area contributed by atoms with Crippen molar-refractivity contribution in [1.29, 1.82) is 0 Å². The van der Waals surface area contributed by atoms with E-state index in [2.05, 4.69) is 76.0 Å². The monoisotopic (exact) mass is 766 g/mol. The van der Waals surface area contributed by atoms with Gasteiger partial charge in [-0.15, -0.1) is 0 Å². The van der Waals surface area contributed by atoms with Crippen LogP contribution in [0, 0.1) is 21.7 Å². The van der Waals surface area contributed by atoms with Gasteiger partial charge in [0.1, 0.15) is 26.4 Å². The van der Waals surface area contributed by atoms with E-state index in [1.165, 1.54) is 0 Å². The van der Waals surface area contributed by atoms with Crippen molar-refractivity contribution in [3.63, 3.8) is 0 Å². The van der Waals surface area contributed by atoms with E-state index in [9.17, 15) is 28.8 Å². The molecule has 306 valence electrons. The Kier molecular flexibility index (Phi) is 18.1. The molecule has 4 N–H and O–H groups in total. The highest BCUT2D eigenvalue weighted by Gasteiger charge is 2.43. The van der Waals surface area contributed by atoms with Crippen molar-refractivity contribution in [1.82, 2.24) is 21.3 Å². The Labute approximate surface area is 319 Å². The van der Waals surface area contributed by atoms with Gasteiger partial charge >= 0.3 is 36.3 Å². The summed E-state index contributed by atoms with van der Waals surface area (Å²) in [6.45, 7) is 19.9. The molecule has 0 spiro atoms. The van der Waals surface area contributed by atoms with Crippen LogP contribution in [0.15, 0.2) is 25.3 Å². The van der Waals surface area contributed by atoms with Crippen molar-refractivity contribution < 1.29 is 57.2 Å². The number of carbonyl (C=O) groups excluding carboxylic acids is 6. The molecular formula is C38H62N4O12. The Morgan fingerprint density at radius 2 is 0.852 bits per heavy atom. The second-order valence-electron chi connectivity index (χ2n) is 16.5. The fourth-order valence-electron chi connectivity index (χ4n) is 8.04. The van der Waals surface area contributed by atoms with Crippen LogP contribution in [0.1, 0.15) is 92.9 Å². The largest absolute Gasteiger partial charge is 0.459 e. The molecule has 2 aliphatic carbocycles. The Balaban J connectivity index is 1.65. The minimum absolute atomic E-state index is 0.0659. The normalized spacial score (nSPS) is 24.0. The van der Waals surface area contributed by atoms with E-state index in [0.717, 1.165) is 37.8 Å². The number of carbonyl (C=O) groups is 6. The molecule has 2 saturated carbocycles. The minimum Gasteiger partial charge on any atom is -0.459 e.